The number of nitrogens with two attached hydrogens (primary N) is 1. The van der Waals surface area contributed by atoms with E-state index >= 15 is 0 Å². The monoisotopic (exact) mass is 902 g/mol. The molecule has 11 atom stereocenters. The van der Waals surface area contributed by atoms with Gasteiger partial charge in [0.2, 0.25) is 53.2 Å². The number of aliphatic hydroxyl groups excluding tert-OH is 2. The molecule has 2 aromatic rings. The van der Waals surface area contributed by atoms with Crippen LogP contribution in [-0.4, -0.2) is 156 Å². The van der Waals surface area contributed by atoms with Gasteiger partial charge in [-0.15, -0.1) is 0 Å². The topological polar surface area (TPSA) is 361 Å². The van der Waals surface area contributed by atoms with Crippen LogP contribution in [0.15, 0.2) is 23.2 Å². The summed E-state index contributed by atoms with van der Waals surface area (Å²) in [6.45, 7) is 4.23. The van der Waals surface area contributed by atoms with Crippen LogP contribution in [0.1, 0.15) is 52.5 Å². The van der Waals surface area contributed by atoms with Crippen molar-refractivity contribution in [3.8, 4) is 5.75 Å². The van der Waals surface area contributed by atoms with Gasteiger partial charge in [-0.1, -0.05) is 27.2 Å². The quantitative estimate of drug-likeness (QED) is 0.130. The van der Waals surface area contributed by atoms with E-state index in [0.717, 1.165) is 4.90 Å². The van der Waals surface area contributed by atoms with Crippen LogP contribution in [0.4, 0.5) is 0 Å². The first-order valence-electron chi connectivity index (χ1n) is 20.4. The summed E-state index contributed by atoms with van der Waals surface area (Å²) in [7, 11) is -2.35. The predicted octanol–water partition coefficient (Wildman–Crippen LogP) is -4.89. The van der Waals surface area contributed by atoms with Gasteiger partial charge in [0.15, 0.2) is 0 Å². The molecule has 2 unspecified atom stereocenters. The first-order valence-corrected chi connectivity index (χ1v) is 21.7. The van der Waals surface area contributed by atoms with Crippen LogP contribution in [-0.2, 0) is 60.4 Å². The Morgan fingerprint density at radius 2 is 1.52 bits per heavy atom. The van der Waals surface area contributed by atoms with Crippen molar-refractivity contribution in [3.63, 3.8) is 0 Å². The number of fused-ring (bicyclic) bond motifs is 5. The standard InChI is InChI=1S/C39H54N10O13S/c1-5-16(2)31-36(59)42-12-29(54)43-26-15-63(62)38-22(21-7-6-19(51)8-23(21)46-38)10-24(33(56)41-13-30(55)47-31)44-37(60)32(17(3)18(4)50)48-35(58)27-9-20(52)14-49(27)39(61)25(11-28(40)53)45-34(26)57/h6-8,16-18,20,24-27,31-32,46,50-52H,5,9-15H2,1-4H3,(H2,40,53)(H,41,56)(H,42,59)(H,43,54)(H,44,60)(H,45,57)(H,47,55)(H,48,58)/t16?,17-,18-,20+,24-,25-,26-,27-,31-,32-,63?/m0/s1. The largest absolute Gasteiger partial charge is 0.508 e. The van der Waals surface area contributed by atoms with E-state index in [1.54, 1.807) is 13.8 Å². The molecule has 1 aromatic heterocycles. The number of nitrogens with one attached hydrogen (secondary N) is 8. The number of aliphatic hydroxyl groups is 2. The molecule has 1 fully saturated rings. The van der Waals surface area contributed by atoms with Crippen LogP contribution in [0.2, 0.25) is 0 Å². The summed E-state index contributed by atoms with van der Waals surface area (Å²) in [5, 5.41) is 49.1. The molecule has 9 amide bonds. The van der Waals surface area contributed by atoms with Crippen molar-refractivity contribution in [1.82, 2.24) is 47.1 Å². The van der Waals surface area contributed by atoms with Crippen LogP contribution in [0.5, 0.6) is 5.75 Å². The van der Waals surface area contributed by atoms with E-state index in [1.807, 2.05) is 0 Å². The van der Waals surface area contributed by atoms with Crippen LogP contribution in [0.3, 0.4) is 0 Å². The van der Waals surface area contributed by atoms with Gasteiger partial charge in [0.05, 0.1) is 53.8 Å². The van der Waals surface area contributed by atoms with Crippen LogP contribution < -0.4 is 43.0 Å². The summed E-state index contributed by atoms with van der Waals surface area (Å²) in [5.41, 5.74) is 5.80. The Morgan fingerprint density at radius 1 is 0.857 bits per heavy atom. The summed E-state index contributed by atoms with van der Waals surface area (Å²) in [5.74, 6) is -11.4. The molecule has 3 aliphatic rings. The lowest BCUT2D eigenvalue weighted by atomic mass is 9.94. The summed E-state index contributed by atoms with van der Waals surface area (Å²) in [6.07, 6.45) is -3.85. The van der Waals surface area contributed by atoms with E-state index in [0.29, 0.717) is 11.8 Å². The number of hydrogen-bond acceptors (Lipinski definition) is 13. The van der Waals surface area contributed by atoms with Gasteiger partial charge >= 0.3 is 0 Å². The number of hydrogen-bond donors (Lipinski definition) is 12. The van der Waals surface area contributed by atoms with E-state index < -0.39 is 162 Å². The van der Waals surface area contributed by atoms with Crippen molar-refractivity contribution in [2.75, 3.05) is 25.4 Å². The number of aromatic amines is 1. The van der Waals surface area contributed by atoms with Gasteiger partial charge in [-0.05, 0) is 30.5 Å². The first kappa shape index (κ1) is 47.9. The number of carbonyl (C=O) groups excluding carboxylic acids is 9. The van der Waals surface area contributed by atoms with Crippen molar-refractivity contribution < 1.29 is 62.7 Å². The zero-order valence-electron chi connectivity index (χ0n) is 35.0. The molecule has 0 saturated carbocycles. The van der Waals surface area contributed by atoms with E-state index in [4.69, 9.17) is 5.73 Å². The fraction of sp³-hybridized carbons (Fsp3) is 0.564. The maximum atomic E-state index is 14.6. The van der Waals surface area contributed by atoms with Crippen molar-refractivity contribution in [3.05, 3.63) is 23.8 Å². The summed E-state index contributed by atoms with van der Waals surface area (Å²) >= 11 is 0. The molecular weight excluding hydrogens is 849 g/mol. The zero-order chi connectivity index (χ0) is 46.4. The molecule has 0 spiro atoms. The third-order valence-electron chi connectivity index (χ3n) is 11.5. The molecule has 4 heterocycles. The van der Waals surface area contributed by atoms with E-state index in [9.17, 15) is 62.7 Å². The Bertz CT molecular complexity index is 2180. The summed E-state index contributed by atoms with van der Waals surface area (Å²) in [4.78, 5) is 127. The third kappa shape index (κ3) is 11.5. The van der Waals surface area contributed by atoms with E-state index in [1.165, 1.54) is 32.0 Å². The Labute approximate surface area is 363 Å². The minimum Gasteiger partial charge on any atom is -0.508 e. The van der Waals surface area contributed by atoms with Crippen molar-refractivity contribution >= 4 is 74.9 Å². The fourth-order valence-electron chi connectivity index (χ4n) is 7.59. The highest BCUT2D eigenvalue weighted by Gasteiger charge is 2.45. The average molecular weight is 903 g/mol. The summed E-state index contributed by atoms with van der Waals surface area (Å²) < 4.78 is 14.6. The Balaban J connectivity index is 1.73. The second kappa shape index (κ2) is 20.4. The smallest absolute Gasteiger partial charge is 0.246 e. The number of H-pyrrole nitrogens is 1. The predicted molar refractivity (Wildman–Crippen MR) is 221 cm³/mol. The van der Waals surface area contributed by atoms with Gasteiger partial charge in [-0.3, -0.25) is 47.4 Å². The maximum absolute atomic E-state index is 14.6. The lowest BCUT2D eigenvalue weighted by Crippen LogP contribution is -2.62. The molecule has 63 heavy (non-hydrogen) atoms. The van der Waals surface area contributed by atoms with Crippen LogP contribution >= 0.6 is 0 Å². The molecule has 5 rings (SSSR count). The number of aromatic hydroxyl groups is 1. The van der Waals surface area contributed by atoms with Gasteiger partial charge in [-0.25, -0.2) is 0 Å². The molecule has 24 heteroatoms. The molecule has 0 radical (unpaired) electrons. The van der Waals surface area contributed by atoms with Crippen molar-refractivity contribution in [2.24, 2.45) is 17.6 Å². The first-order chi connectivity index (χ1) is 29.7. The number of benzene rings is 1. The Kier molecular flexibility index (Phi) is 15.5. The number of aromatic nitrogens is 1. The molecule has 0 aliphatic carbocycles. The number of nitrogens with zero attached hydrogens (tertiary/aromatic N) is 1. The van der Waals surface area contributed by atoms with Crippen molar-refractivity contribution in [2.45, 2.75) is 107 Å². The molecule has 344 valence electrons. The lowest BCUT2D eigenvalue weighted by Gasteiger charge is -2.32. The van der Waals surface area contributed by atoms with Gasteiger partial charge in [0.1, 0.15) is 47.0 Å². The highest BCUT2D eigenvalue weighted by molar-refractivity contribution is 7.85. The van der Waals surface area contributed by atoms with Crippen LogP contribution in [0.25, 0.3) is 10.9 Å². The van der Waals surface area contributed by atoms with E-state index in [-0.39, 0.29) is 28.3 Å². The Morgan fingerprint density at radius 3 is 2.17 bits per heavy atom. The lowest BCUT2D eigenvalue weighted by molar-refractivity contribution is -0.144. The molecule has 2 bridgehead atoms. The summed E-state index contributed by atoms with van der Waals surface area (Å²) in [6, 6.07) is -5.57. The fourth-order valence-corrected chi connectivity index (χ4v) is 8.99. The SMILES string of the molecule is CCC(C)[C@@H]1NC(=O)CNC(=O)[C@@H]2Cc3c([nH]c4cc(O)ccc34)S(=O)C[C@H](NC(=O)CNC1=O)C(=O)N[C@@H](CC(N)=O)C(=O)N1C[C@H](O)C[C@H]1C(=O)N[C@@H]([C@@H](C)[C@H](C)O)C(=O)N2. The molecule has 1 saturated heterocycles. The van der Waals surface area contributed by atoms with E-state index in [2.05, 4.69) is 42.2 Å². The second-order valence-electron chi connectivity index (χ2n) is 16.1. The normalized spacial score (nSPS) is 28.8. The maximum Gasteiger partial charge on any atom is 0.246 e. The molecular formula is C39H54N10O13S. The third-order valence-corrected chi connectivity index (χ3v) is 12.9. The average Bonchev–Trinajstić information content (AvgIpc) is 3.80. The number of carbonyl (C=O) groups is 9. The minimum atomic E-state index is -2.35. The zero-order valence-corrected chi connectivity index (χ0v) is 35.8. The minimum absolute atomic E-state index is 0.117. The van der Waals surface area contributed by atoms with Gasteiger partial charge in [-0.2, -0.15) is 0 Å². The van der Waals surface area contributed by atoms with Gasteiger partial charge in [0, 0.05) is 36.8 Å². The molecule has 3 aliphatic heterocycles. The Hall–Kier alpha value is -6.14. The highest BCUT2D eigenvalue weighted by atomic mass is 32.2. The second-order valence-corrected chi connectivity index (χ2v) is 17.6. The van der Waals surface area contributed by atoms with Crippen LogP contribution in [0, 0.1) is 11.8 Å². The number of rotatable bonds is 6. The molecule has 23 nitrogen and oxygen atoms in total. The van der Waals surface area contributed by atoms with Crippen molar-refractivity contribution in [1.29, 1.82) is 0 Å². The number of primary amides is 1. The highest BCUT2D eigenvalue weighted by Crippen LogP contribution is 2.30. The molecule has 13 N–H and O–H groups in total. The molecule has 1 aromatic carbocycles. The van der Waals surface area contributed by atoms with Gasteiger partial charge < -0.3 is 68.2 Å². The number of phenolic OH excluding ortho intramolecular Hbond substituents is 1. The van der Waals surface area contributed by atoms with Gasteiger partial charge in [0.25, 0.3) is 0 Å². The number of phenols is 1. The number of amides is 9.